The maximum atomic E-state index is 13.3. The molecule has 152 valence electrons. The summed E-state index contributed by atoms with van der Waals surface area (Å²) in [6.45, 7) is 0.237. The molecule has 0 amide bonds. The monoisotopic (exact) mass is 485 g/mol. The summed E-state index contributed by atoms with van der Waals surface area (Å²) < 4.78 is 63.9. The van der Waals surface area contributed by atoms with Gasteiger partial charge in [-0.3, -0.25) is 0 Å². The number of nitrogens with one attached hydrogen (secondary N) is 1. The molecule has 0 aliphatic heterocycles. The number of rotatable bonds is 5. The van der Waals surface area contributed by atoms with Gasteiger partial charge in [-0.25, -0.2) is 18.4 Å². The van der Waals surface area contributed by atoms with Gasteiger partial charge in [-0.15, -0.1) is 0 Å². The number of nitrogens with zero attached hydrogens (tertiary/aromatic N) is 2. The van der Waals surface area contributed by atoms with Gasteiger partial charge in [0, 0.05) is 22.8 Å². The molecule has 1 heterocycles. The van der Waals surface area contributed by atoms with Crippen molar-refractivity contribution in [3.63, 3.8) is 0 Å². The summed E-state index contributed by atoms with van der Waals surface area (Å²) in [7, 11) is -3.41. The molecule has 0 aliphatic rings. The molecule has 0 saturated carbocycles. The minimum absolute atomic E-state index is 0.0330. The summed E-state index contributed by atoms with van der Waals surface area (Å²) in [4.78, 5) is 7.80. The second kappa shape index (κ2) is 8.11. The summed E-state index contributed by atoms with van der Waals surface area (Å²) in [6, 6.07) is 13.6. The number of sulfone groups is 1. The van der Waals surface area contributed by atoms with E-state index in [9.17, 15) is 21.6 Å². The van der Waals surface area contributed by atoms with Crippen LogP contribution in [0.4, 0.5) is 19.1 Å². The van der Waals surface area contributed by atoms with Crippen molar-refractivity contribution in [2.75, 3.05) is 11.6 Å². The largest absolute Gasteiger partial charge is 0.433 e. The maximum Gasteiger partial charge on any atom is 0.433 e. The van der Waals surface area contributed by atoms with E-state index in [-0.39, 0.29) is 23.1 Å². The van der Waals surface area contributed by atoms with Crippen molar-refractivity contribution >= 4 is 31.7 Å². The van der Waals surface area contributed by atoms with E-state index in [4.69, 9.17) is 0 Å². The molecule has 0 radical (unpaired) electrons. The zero-order valence-corrected chi connectivity index (χ0v) is 17.4. The molecule has 0 saturated heterocycles. The fraction of sp³-hybridized carbons (Fsp3) is 0.158. The first-order valence-electron chi connectivity index (χ1n) is 8.27. The highest BCUT2D eigenvalue weighted by Crippen LogP contribution is 2.31. The van der Waals surface area contributed by atoms with Crippen LogP contribution < -0.4 is 5.32 Å². The van der Waals surface area contributed by atoms with E-state index in [1.165, 1.54) is 24.3 Å². The second-order valence-electron chi connectivity index (χ2n) is 6.24. The van der Waals surface area contributed by atoms with Gasteiger partial charge in [-0.1, -0.05) is 40.2 Å². The summed E-state index contributed by atoms with van der Waals surface area (Å²) >= 11 is 3.32. The Morgan fingerprint density at radius 2 is 1.62 bits per heavy atom. The van der Waals surface area contributed by atoms with Crippen LogP contribution in [0, 0.1) is 0 Å². The Morgan fingerprint density at radius 1 is 1.00 bits per heavy atom. The quantitative estimate of drug-likeness (QED) is 0.553. The maximum absolute atomic E-state index is 13.3. The number of anilines is 1. The standard InChI is InChI=1S/C19H15BrF3N3O2S/c1-29(27,28)15-8-4-13(5-9-15)16-10-17(19(21,22)23)26-18(25-16)24-11-12-2-6-14(20)7-3-12/h2-10H,11H2,1H3,(H,24,25,26). The van der Waals surface area contributed by atoms with Crippen LogP contribution in [0.2, 0.25) is 0 Å². The molecule has 0 bridgehead atoms. The molecule has 10 heteroatoms. The lowest BCUT2D eigenvalue weighted by Crippen LogP contribution is -2.12. The predicted octanol–water partition coefficient (Wildman–Crippen LogP) is 4.94. The van der Waals surface area contributed by atoms with Crippen LogP contribution in [0.5, 0.6) is 0 Å². The molecule has 5 nitrogen and oxygen atoms in total. The molecule has 0 aliphatic carbocycles. The number of aromatic nitrogens is 2. The lowest BCUT2D eigenvalue weighted by molar-refractivity contribution is -0.141. The van der Waals surface area contributed by atoms with Crippen LogP contribution in [-0.4, -0.2) is 24.6 Å². The Morgan fingerprint density at radius 3 is 2.17 bits per heavy atom. The Hall–Kier alpha value is -2.46. The fourth-order valence-electron chi connectivity index (χ4n) is 2.48. The highest BCUT2D eigenvalue weighted by molar-refractivity contribution is 9.10. The van der Waals surface area contributed by atoms with E-state index in [2.05, 4.69) is 31.2 Å². The van der Waals surface area contributed by atoms with Crippen molar-refractivity contribution in [1.29, 1.82) is 0 Å². The van der Waals surface area contributed by atoms with Crippen molar-refractivity contribution in [2.24, 2.45) is 0 Å². The van der Waals surface area contributed by atoms with Crippen LogP contribution in [0.1, 0.15) is 11.3 Å². The average molecular weight is 486 g/mol. The van der Waals surface area contributed by atoms with Gasteiger partial charge in [0.05, 0.1) is 10.6 Å². The average Bonchev–Trinajstić information content (AvgIpc) is 2.66. The number of halogens is 4. The first kappa shape index (κ1) is 21.3. The molecule has 29 heavy (non-hydrogen) atoms. The SMILES string of the molecule is CS(=O)(=O)c1ccc(-c2cc(C(F)(F)F)nc(NCc3ccc(Br)cc3)n2)cc1. The molecule has 2 aromatic carbocycles. The number of benzene rings is 2. The summed E-state index contributed by atoms with van der Waals surface area (Å²) in [5, 5.41) is 2.81. The van der Waals surface area contributed by atoms with Crippen molar-refractivity contribution in [3.05, 3.63) is 70.3 Å². The summed E-state index contributed by atoms with van der Waals surface area (Å²) in [6.07, 6.45) is -3.60. The number of alkyl halides is 3. The van der Waals surface area contributed by atoms with Gasteiger partial charge >= 0.3 is 6.18 Å². The van der Waals surface area contributed by atoms with E-state index in [0.29, 0.717) is 5.56 Å². The normalized spacial score (nSPS) is 12.0. The lowest BCUT2D eigenvalue weighted by atomic mass is 10.1. The lowest BCUT2D eigenvalue weighted by Gasteiger charge is -2.12. The highest BCUT2D eigenvalue weighted by Gasteiger charge is 2.33. The van der Waals surface area contributed by atoms with E-state index in [0.717, 1.165) is 22.4 Å². The minimum atomic E-state index is -4.65. The molecule has 0 fully saturated rings. The molecule has 0 unspecified atom stereocenters. The topological polar surface area (TPSA) is 72.0 Å². The third kappa shape index (κ3) is 5.54. The number of hydrogen-bond acceptors (Lipinski definition) is 5. The molecule has 1 aromatic heterocycles. The van der Waals surface area contributed by atoms with Crippen LogP contribution in [-0.2, 0) is 22.6 Å². The molecule has 3 rings (SSSR count). The first-order valence-corrected chi connectivity index (χ1v) is 11.0. The fourth-order valence-corrected chi connectivity index (χ4v) is 3.37. The second-order valence-corrected chi connectivity index (χ2v) is 9.17. The van der Waals surface area contributed by atoms with E-state index in [1.807, 2.05) is 24.3 Å². The highest BCUT2D eigenvalue weighted by atomic mass is 79.9. The van der Waals surface area contributed by atoms with Gasteiger partial charge < -0.3 is 5.32 Å². The van der Waals surface area contributed by atoms with Gasteiger partial charge in [-0.2, -0.15) is 13.2 Å². The summed E-state index contributed by atoms with van der Waals surface area (Å²) in [5.41, 5.74) is 0.129. The Balaban J connectivity index is 1.94. The summed E-state index contributed by atoms with van der Waals surface area (Å²) in [5.74, 6) is -0.176. The van der Waals surface area contributed by atoms with Crippen molar-refractivity contribution < 1.29 is 21.6 Å². The van der Waals surface area contributed by atoms with E-state index >= 15 is 0 Å². The van der Waals surface area contributed by atoms with E-state index < -0.39 is 21.7 Å². The Bertz CT molecular complexity index is 1120. The molecule has 0 spiro atoms. The minimum Gasteiger partial charge on any atom is -0.350 e. The van der Waals surface area contributed by atoms with Crippen molar-refractivity contribution in [3.8, 4) is 11.3 Å². The van der Waals surface area contributed by atoms with Gasteiger partial charge in [-0.05, 0) is 35.9 Å². The van der Waals surface area contributed by atoms with Gasteiger partial charge in [0.15, 0.2) is 15.5 Å². The number of hydrogen-bond donors (Lipinski definition) is 1. The first-order chi connectivity index (χ1) is 13.5. The van der Waals surface area contributed by atoms with E-state index in [1.54, 1.807) is 0 Å². The third-order valence-electron chi connectivity index (χ3n) is 3.96. The van der Waals surface area contributed by atoms with Gasteiger partial charge in [0.25, 0.3) is 0 Å². The molecule has 0 atom stereocenters. The van der Waals surface area contributed by atoms with Gasteiger partial charge in [0.2, 0.25) is 5.95 Å². The Kier molecular flexibility index (Phi) is 5.95. The van der Waals surface area contributed by atoms with Gasteiger partial charge in [0.1, 0.15) is 0 Å². The zero-order valence-electron chi connectivity index (χ0n) is 15.0. The third-order valence-corrected chi connectivity index (χ3v) is 5.62. The van der Waals surface area contributed by atoms with Crippen LogP contribution in [0.15, 0.2) is 64.0 Å². The molecule has 1 N–H and O–H groups in total. The van der Waals surface area contributed by atoms with Crippen molar-refractivity contribution in [1.82, 2.24) is 9.97 Å². The van der Waals surface area contributed by atoms with Crippen LogP contribution in [0.3, 0.4) is 0 Å². The Labute approximate surface area is 174 Å². The molecule has 3 aromatic rings. The smallest absolute Gasteiger partial charge is 0.350 e. The van der Waals surface area contributed by atoms with Crippen LogP contribution in [0.25, 0.3) is 11.3 Å². The predicted molar refractivity (Wildman–Crippen MR) is 107 cm³/mol. The molecular formula is C19H15BrF3N3O2S. The molecular weight excluding hydrogens is 471 g/mol. The zero-order chi connectivity index (χ0) is 21.2. The van der Waals surface area contributed by atoms with Crippen LogP contribution >= 0.6 is 15.9 Å². The van der Waals surface area contributed by atoms with Crippen molar-refractivity contribution in [2.45, 2.75) is 17.6 Å².